The predicted molar refractivity (Wildman–Crippen MR) is 78.7 cm³/mol. The van der Waals surface area contributed by atoms with Crippen LogP contribution in [0.3, 0.4) is 0 Å². The van der Waals surface area contributed by atoms with Gasteiger partial charge in [0.1, 0.15) is 11.5 Å². The van der Waals surface area contributed by atoms with E-state index in [-0.39, 0.29) is 11.4 Å². The van der Waals surface area contributed by atoms with E-state index in [9.17, 15) is 14.5 Å². The minimum atomic E-state index is -0.529. The van der Waals surface area contributed by atoms with Gasteiger partial charge < -0.3 is 10.3 Å². The average Bonchev–Trinajstić information content (AvgIpc) is 2.93. The van der Waals surface area contributed by atoms with Gasteiger partial charge >= 0.3 is 0 Å². The fraction of sp³-hybridized carbons (Fsp3) is 0.0667. The number of benzene rings is 2. The van der Waals surface area contributed by atoms with Crippen LogP contribution in [0, 0.1) is 15.9 Å². The minimum Gasteiger partial charge on any atom is -0.375 e. The Morgan fingerprint density at radius 1 is 1.24 bits per heavy atom. The van der Waals surface area contributed by atoms with Crippen LogP contribution < -0.4 is 5.32 Å². The second kappa shape index (κ2) is 5.24. The summed E-state index contributed by atoms with van der Waals surface area (Å²) < 4.78 is 13.3. The van der Waals surface area contributed by atoms with Crippen molar-refractivity contribution in [1.82, 2.24) is 4.98 Å². The van der Waals surface area contributed by atoms with E-state index in [1.807, 2.05) is 30.5 Å². The molecule has 0 amide bonds. The topological polar surface area (TPSA) is 71.0 Å². The Morgan fingerprint density at radius 3 is 2.90 bits per heavy atom. The van der Waals surface area contributed by atoms with Gasteiger partial charge in [-0.1, -0.05) is 12.1 Å². The molecule has 106 valence electrons. The molecule has 3 rings (SSSR count). The molecule has 0 radical (unpaired) electrons. The maximum atomic E-state index is 13.3. The third-order valence-corrected chi connectivity index (χ3v) is 3.31. The largest absolute Gasteiger partial charge is 0.375 e. The standard InChI is InChI=1S/C15H12FN3O2/c16-11-4-5-15(19(20)21)14(8-11)18-9-10-2-1-3-13-12(10)6-7-17-13/h1-8,17-18H,9H2. The first-order valence-electron chi connectivity index (χ1n) is 6.38. The fourth-order valence-corrected chi connectivity index (χ4v) is 2.30. The van der Waals surface area contributed by atoms with E-state index in [0.29, 0.717) is 6.54 Å². The van der Waals surface area contributed by atoms with Gasteiger partial charge in [-0.05, 0) is 23.8 Å². The first kappa shape index (κ1) is 13.1. The minimum absolute atomic E-state index is 0.141. The van der Waals surface area contributed by atoms with E-state index in [1.54, 1.807) is 0 Å². The van der Waals surface area contributed by atoms with Crippen LogP contribution in [0.1, 0.15) is 5.56 Å². The van der Waals surface area contributed by atoms with Crippen molar-refractivity contribution in [2.24, 2.45) is 0 Å². The van der Waals surface area contributed by atoms with Crippen molar-refractivity contribution in [2.45, 2.75) is 6.54 Å². The van der Waals surface area contributed by atoms with E-state index < -0.39 is 10.7 Å². The van der Waals surface area contributed by atoms with Crippen LogP contribution >= 0.6 is 0 Å². The SMILES string of the molecule is O=[N+]([O-])c1ccc(F)cc1NCc1cccc2[nH]ccc12. The lowest BCUT2D eigenvalue weighted by Crippen LogP contribution is -2.03. The molecular weight excluding hydrogens is 273 g/mol. The number of fused-ring (bicyclic) bond motifs is 1. The summed E-state index contributed by atoms with van der Waals surface area (Å²) in [7, 11) is 0. The predicted octanol–water partition coefficient (Wildman–Crippen LogP) is 3.83. The molecule has 21 heavy (non-hydrogen) atoms. The third kappa shape index (κ3) is 2.55. The molecule has 2 aromatic carbocycles. The molecule has 0 aliphatic carbocycles. The first-order chi connectivity index (χ1) is 10.1. The van der Waals surface area contributed by atoms with Crippen LogP contribution in [0.15, 0.2) is 48.7 Å². The molecule has 0 fully saturated rings. The number of H-pyrrole nitrogens is 1. The Bertz CT molecular complexity index is 814. The second-order valence-corrected chi connectivity index (χ2v) is 4.63. The van der Waals surface area contributed by atoms with Crippen molar-refractivity contribution in [2.75, 3.05) is 5.32 Å². The van der Waals surface area contributed by atoms with Crippen LogP contribution in [0.2, 0.25) is 0 Å². The number of rotatable bonds is 4. The molecule has 3 aromatic rings. The molecule has 6 heteroatoms. The normalized spacial score (nSPS) is 10.7. The quantitative estimate of drug-likeness (QED) is 0.565. The van der Waals surface area contributed by atoms with E-state index in [0.717, 1.165) is 34.7 Å². The van der Waals surface area contributed by atoms with E-state index in [1.165, 1.54) is 0 Å². The Morgan fingerprint density at radius 2 is 2.10 bits per heavy atom. The smallest absolute Gasteiger partial charge is 0.292 e. The molecular formula is C15H12FN3O2. The number of aromatic nitrogens is 1. The number of aromatic amines is 1. The zero-order valence-electron chi connectivity index (χ0n) is 11.0. The summed E-state index contributed by atoms with van der Waals surface area (Å²) in [5.41, 5.74) is 2.00. The number of nitrogens with one attached hydrogen (secondary N) is 2. The van der Waals surface area contributed by atoms with Gasteiger partial charge in [0.05, 0.1) is 4.92 Å². The van der Waals surface area contributed by atoms with Gasteiger partial charge in [-0.2, -0.15) is 0 Å². The molecule has 0 saturated carbocycles. The highest BCUT2D eigenvalue weighted by atomic mass is 19.1. The zero-order valence-corrected chi connectivity index (χ0v) is 11.0. The Kier molecular flexibility index (Phi) is 3.27. The van der Waals surface area contributed by atoms with Gasteiger partial charge in [0, 0.05) is 35.8 Å². The van der Waals surface area contributed by atoms with Crippen LogP contribution in [0.25, 0.3) is 10.9 Å². The molecule has 0 aliphatic heterocycles. The summed E-state index contributed by atoms with van der Waals surface area (Å²) in [4.78, 5) is 13.5. The number of nitro groups is 1. The van der Waals surface area contributed by atoms with Gasteiger partial charge in [-0.15, -0.1) is 0 Å². The molecule has 0 bridgehead atoms. The van der Waals surface area contributed by atoms with Crippen LogP contribution in [0.5, 0.6) is 0 Å². The van der Waals surface area contributed by atoms with Crippen molar-refractivity contribution in [3.63, 3.8) is 0 Å². The highest BCUT2D eigenvalue weighted by Crippen LogP contribution is 2.26. The highest BCUT2D eigenvalue weighted by molar-refractivity contribution is 5.83. The molecule has 0 atom stereocenters. The summed E-state index contributed by atoms with van der Waals surface area (Å²) in [5.74, 6) is -0.511. The van der Waals surface area contributed by atoms with Crippen molar-refractivity contribution in [3.8, 4) is 0 Å². The van der Waals surface area contributed by atoms with Crippen LogP contribution in [-0.2, 0) is 6.54 Å². The maximum absolute atomic E-state index is 13.3. The van der Waals surface area contributed by atoms with Crippen molar-refractivity contribution in [1.29, 1.82) is 0 Å². The van der Waals surface area contributed by atoms with Gasteiger partial charge in [-0.25, -0.2) is 4.39 Å². The summed E-state index contributed by atoms with van der Waals surface area (Å²) in [6, 6.07) is 11.1. The van der Waals surface area contributed by atoms with Crippen molar-refractivity contribution in [3.05, 3.63) is 70.2 Å². The molecule has 1 aromatic heterocycles. The molecule has 0 spiro atoms. The lowest BCUT2D eigenvalue weighted by molar-refractivity contribution is -0.384. The van der Waals surface area contributed by atoms with Gasteiger partial charge in [-0.3, -0.25) is 10.1 Å². The van der Waals surface area contributed by atoms with Gasteiger partial charge in [0.25, 0.3) is 5.69 Å². The molecule has 0 aliphatic rings. The van der Waals surface area contributed by atoms with Crippen molar-refractivity contribution < 1.29 is 9.31 Å². The molecule has 1 heterocycles. The lowest BCUT2D eigenvalue weighted by atomic mass is 10.1. The number of anilines is 1. The van der Waals surface area contributed by atoms with E-state index in [4.69, 9.17) is 0 Å². The molecule has 0 unspecified atom stereocenters. The Balaban J connectivity index is 1.90. The number of hydrogen-bond acceptors (Lipinski definition) is 3. The Hall–Kier alpha value is -2.89. The van der Waals surface area contributed by atoms with E-state index in [2.05, 4.69) is 10.3 Å². The molecule has 2 N–H and O–H groups in total. The van der Waals surface area contributed by atoms with Crippen LogP contribution in [-0.4, -0.2) is 9.91 Å². The summed E-state index contributed by atoms with van der Waals surface area (Å²) in [6.07, 6.45) is 1.83. The zero-order chi connectivity index (χ0) is 14.8. The third-order valence-electron chi connectivity index (χ3n) is 3.31. The van der Waals surface area contributed by atoms with E-state index >= 15 is 0 Å². The second-order valence-electron chi connectivity index (χ2n) is 4.63. The Labute approximate surface area is 119 Å². The highest BCUT2D eigenvalue weighted by Gasteiger charge is 2.14. The first-order valence-corrected chi connectivity index (χ1v) is 6.38. The van der Waals surface area contributed by atoms with Gasteiger partial charge in [0.2, 0.25) is 0 Å². The number of nitrogens with zero attached hydrogens (tertiary/aromatic N) is 1. The van der Waals surface area contributed by atoms with Crippen molar-refractivity contribution >= 4 is 22.3 Å². The molecule has 0 saturated heterocycles. The lowest BCUT2D eigenvalue weighted by Gasteiger charge is -2.08. The summed E-state index contributed by atoms with van der Waals surface area (Å²) in [6.45, 7) is 0.374. The van der Waals surface area contributed by atoms with Crippen LogP contribution in [0.4, 0.5) is 15.8 Å². The number of halogens is 1. The fourth-order valence-electron chi connectivity index (χ4n) is 2.30. The number of nitro benzene ring substituents is 1. The monoisotopic (exact) mass is 285 g/mol. The number of hydrogen-bond donors (Lipinski definition) is 2. The van der Waals surface area contributed by atoms with Gasteiger partial charge in [0.15, 0.2) is 0 Å². The molecule has 5 nitrogen and oxygen atoms in total. The summed E-state index contributed by atoms with van der Waals surface area (Å²) in [5, 5.41) is 14.9. The summed E-state index contributed by atoms with van der Waals surface area (Å²) >= 11 is 0. The maximum Gasteiger partial charge on any atom is 0.292 e. The average molecular weight is 285 g/mol.